The molecule has 0 aromatic carbocycles. The van der Waals surface area contributed by atoms with Gasteiger partial charge in [-0.2, -0.15) is 0 Å². The van der Waals surface area contributed by atoms with Crippen LogP contribution in [0.3, 0.4) is 0 Å². The number of hydrogen-bond acceptors (Lipinski definition) is 6. The van der Waals surface area contributed by atoms with E-state index in [1.807, 2.05) is 0 Å². The summed E-state index contributed by atoms with van der Waals surface area (Å²) in [5.41, 5.74) is 0.527. The summed E-state index contributed by atoms with van der Waals surface area (Å²) in [6.45, 7) is 3.29. The molecule has 0 unspecified atom stereocenters. The number of hydrogen-bond donors (Lipinski definition) is 0. The first-order valence-electron chi connectivity index (χ1n) is 5.07. The summed E-state index contributed by atoms with van der Waals surface area (Å²) in [5.74, 6) is -2.40. The standard InChI is InChI=1S/C11H12N2O4/c1-3-17-11(16)9(15)6-8(14)10-7(2)12-4-5-13-10/h4-5H,3,6H2,1-2H3. The Morgan fingerprint density at radius 2 is 1.88 bits per heavy atom. The first-order chi connectivity index (χ1) is 8.06. The molecule has 0 bridgehead atoms. The smallest absolute Gasteiger partial charge is 0.375 e. The van der Waals surface area contributed by atoms with E-state index in [2.05, 4.69) is 14.7 Å². The van der Waals surface area contributed by atoms with Crippen LogP contribution in [0.5, 0.6) is 0 Å². The van der Waals surface area contributed by atoms with Gasteiger partial charge in [0.1, 0.15) is 5.69 Å². The minimum absolute atomic E-state index is 0.100. The van der Waals surface area contributed by atoms with Crippen LogP contribution in [0.1, 0.15) is 29.5 Å². The lowest BCUT2D eigenvalue weighted by Gasteiger charge is -2.02. The number of aryl methyl sites for hydroxylation is 1. The fourth-order valence-electron chi connectivity index (χ4n) is 1.19. The summed E-state index contributed by atoms with van der Waals surface area (Å²) < 4.78 is 4.49. The molecular formula is C11H12N2O4. The van der Waals surface area contributed by atoms with E-state index in [1.165, 1.54) is 12.4 Å². The van der Waals surface area contributed by atoms with Crippen molar-refractivity contribution in [3.05, 3.63) is 23.8 Å². The SMILES string of the molecule is CCOC(=O)C(=O)CC(=O)c1nccnc1C. The van der Waals surface area contributed by atoms with Gasteiger partial charge in [0.05, 0.1) is 18.7 Å². The quantitative estimate of drug-likeness (QED) is 0.320. The van der Waals surface area contributed by atoms with Gasteiger partial charge >= 0.3 is 5.97 Å². The molecule has 0 saturated heterocycles. The number of rotatable bonds is 5. The molecule has 1 aromatic rings. The number of aromatic nitrogens is 2. The van der Waals surface area contributed by atoms with Crippen LogP contribution in [0.15, 0.2) is 12.4 Å². The van der Waals surface area contributed by atoms with Gasteiger partial charge in [0, 0.05) is 12.4 Å². The van der Waals surface area contributed by atoms with Crippen molar-refractivity contribution < 1.29 is 19.1 Å². The number of carbonyl (C=O) groups is 3. The number of esters is 1. The molecule has 0 radical (unpaired) electrons. The molecule has 0 aliphatic carbocycles. The van der Waals surface area contributed by atoms with E-state index in [4.69, 9.17) is 0 Å². The zero-order valence-corrected chi connectivity index (χ0v) is 9.60. The topological polar surface area (TPSA) is 86.2 Å². The van der Waals surface area contributed by atoms with Crippen LogP contribution in [-0.4, -0.2) is 34.1 Å². The Balaban J connectivity index is 2.71. The average molecular weight is 236 g/mol. The third-order valence-electron chi connectivity index (χ3n) is 1.97. The number of Topliss-reactive ketones (excluding diaryl/α,β-unsaturated/α-hetero) is 2. The minimum Gasteiger partial charge on any atom is -0.460 e. The molecule has 0 fully saturated rings. The zero-order valence-electron chi connectivity index (χ0n) is 9.60. The minimum atomic E-state index is -0.998. The summed E-state index contributed by atoms with van der Waals surface area (Å²) in [4.78, 5) is 41.7. The number of ether oxygens (including phenoxy) is 1. The molecule has 0 N–H and O–H groups in total. The molecular weight excluding hydrogens is 224 g/mol. The highest BCUT2D eigenvalue weighted by Gasteiger charge is 2.21. The van der Waals surface area contributed by atoms with Crippen molar-refractivity contribution >= 4 is 17.5 Å². The maximum Gasteiger partial charge on any atom is 0.375 e. The number of nitrogens with zero attached hydrogens (tertiary/aromatic N) is 2. The predicted molar refractivity (Wildman–Crippen MR) is 57.4 cm³/mol. The van der Waals surface area contributed by atoms with Crippen LogP contribution in [0, 0.1) is 6.92 Å². The van der Waals surface area contributed by atoms with Crippen molar-refractivity contribution in [3.63, 3.8) is 0 Å². The Bertz CT molecular complexity index is 457. The van der Waals surface area contributed by atoms with E-state index in [1.54, 1.807) is 13.8 Å². The maximum absolute atomic E-state index is 11.7. The van der Waals surface area contributed by atoms with Crippen LogP contribution in [0.2, 0.25) is 0 Å². The third-order valence-corrected chi connectivity index (χ3v) is 1.97. The van der Waals surface area contributed by atoms with E-state index >= 15 is 0 Å². The summed E-state index contributed by atoms with van der Waals surface area (Å²) in [7, 11) is 0. The fraction of sp³-hybridized carbons (Fsp3) is 0.364. The Labute approximate surface area is 98.0 Å². The second kappa shape index (κ2) is 5.83. The maximum atomic E-state index is 11.7. The largest absolute Gasteiger partial charge is 0.460 e. The summed E-state index contributed by atoms with van der Waals surface area (Å²) in [6, 6.07) is 0. The van der Waals surface area contributed by atoms with Crippen LogP contribution in [0.25, 0.3) is 0 Å². The van der Waals surface area contributed by atoms with Gasteiger partial charge in [0.25, 0.3) is 0 Å². The average Bonchev–Trinajstić information content (AvgIpc) is 2.29. The van der Waals surface area contributed by atoms with Gasteiger partial charge in [-0.05, 0) is 13.8 Å². The lowest BCUT2D eigenvalue weighted by atomic mass is 10.1. The van der Waals surface area contributed by atoms with E-state index in [0.717, 1.165) is 0 Å². The third kappa shape index (κ3) is 3.44. The molecule has 90 valence electrons. The summed E-state index contributed by atoms with van der Waals surface area (Å²) in [5, 5.41) is 0. The molecule has 1 heterocycles. The lowest BCUT2D eigenvalue weighted by Crippen LogP contribution is -2.21. The Kier molecular flexibility index (Phi) is 4.45. The molecule has 0 aliphatic heterocycles. The van der Waals surface area contributed by atoms with E-state index in [9.17, 15) is 14.4 Å². The van der Waals surface area contributed by atoms with E-state index in [-0.39, 0.29) is 12.3 Å². The van der Waals surface area contributed by atoms with Gasteiger partial charge in [-0.1, -0.05) is 0 Å². The molecule has 0 aliphatic rings. The van der Waals surface area contributed by atoms with Crippen molar-refractivity contribution in [2.75, 3.05) is 6.61 Å². The van der Waals surface area contributed by atoms with Crippen molar-refractivity contribution in [2.24, 2.45) is 0 Å². The van der Waals surface area contributed by atoms with Crippen molar-refractivity contribution in [2.45, 2.75) is 20.3 Å². The van der Waals surface area contributed by atoms with Gasteiger partial charge < -0.3 is 4.74 Å². The summed E-state index contributed by atoms with van der Waals surface area (Å²) in [6.07, 6.45) is 2.26. The van der Waals surface area contributed by atoms with Crippen LogP contribution in [-0.2, 0) is 14.3 Å². The lowest BCUT2D eigenvalue weighted by molar-refractivity contribution is -0.153. The number of ketones is 2. The zero-order chi connectivity index (χ0) is 12.8. The molecule has 0 amide bonds. The summed E-state index contributed by atoms with van der Waals surface area (Å²) >= 11 is 0. The van der Waals surface area contributed by atoms with Gasteiger partial charge in [0.2, 0.25) is 5.78 Å². The van der Waals surface area contributed by atoms with Crippen molar-refractivity contribution in [1.29, 1.82) is 0 Å². The Morgan fingerprint density at radius 1 is 1.24 bits per heavy atom. The monoisotopic (exact) mass is 236 g/mol. The molecule has 1 rings (SSSR count). The van der Waals surface area contributed by atoms with Gasteiger partial charge in [-0.15, -0.1) is 0 Å². The van der Waals surface area contributed by atoms with Crippen LogP contribution >= 0.6 is 0 Å². The molecule has 0 spiro atoms. The van der Waals surface area contributed by atoms with Crippen molar-refractivity contribution in [1.82, 2.24) is 9.97 Å². The molecule has 0 atom stereocenters. The predicted octanol–water partition coefficient (Wildman–Crippen LogP) is 0.490. The normalized spacial score (nSPS) is 9.76. The molecule has 0 saturated carbocycles. The molecule has 1 aromatic heterocycles. The van der Waals surface area contributed by atoms with Crippen LogP contribution < -0.4 is 0 Å². The first kappa shape index (κ1) is 13.0. The van der Waals surface area contributed by atoms with Gasteiger partial charge in [-0.3, -0.25) is 14.6 Å². The molecule has 6 heteroatoms. The first-order valence-corrected chi connectivity index (χ1v) is 5.07. The van der Waals surface area contributed by atoms with Crippen molar-refractivity contribution in [3.8, 4) is 0 Å². The molecule has 17 heavy (non-hydrogen) atoms. The van der Waals surface area contributed by atoms with E-state index < -0.39 is 24.0 Å². The number of carbonyl (C=O) groups excluding carboxylic acids is 3. The van der Waals surface area contributed by atoms with Gasteiger partial charge in [-0.25, -0.2) is 9.78 Å². The molecule has 6 nitrogen and oxygen atoms in total. The fourth-order valence-corrected chi connectivity index (χ4v) is 1.19. The Hall–Kier alpha value is -2.11. The second-order valence-electron chi connectivity index (χ2n) is 3.23. The highest BCUT2D eigenvalue weighted by atomic mass is 16.5. The Morgan fingerprint density at radius 3 is 2.47 bits per heavy atom. The van der Waals surface area contributed by atoms with Crippen LogP contribution in [0.4, 0.5) is 0 Å². The highest BCUT2D eigenvalue weighted by Crippen LogP contribution is 2.04. The van der Waals surface area contributed by atoms with Gasteiger partial charge in [0.15, 0.2) is 5.78 Å². The van der Waals surface area contributed by atoms with E-state index in [0.29, 0.717) is 5.69 Å². The highest BCUT2D eigenvalue weighted by molar-refractivity contribution is 6.38. The second-order valence-corrected chi connectivity index (χ2v) is 3.23.